The number of hydrogen-bond acceptors (Lipinski definition) is 3. The molecule has 1 aromatic rings. The first-order chi connectivity index (χ1) is 8.08. The van der Waals surface area contributed by atoms with Crippen molar-refractivity contribution in [3.63, 3.8) is 0 Å². The van der Waals surface area contributed by atoms with Crippen molar-refractivity contribution in [1.82, 2.24) is 5.43 Å². The predicted molar refractivity (Wildman–Crippen MR) is 71.9 cm³/mol. The molecule has 0 aliphatic carbocycles. The summed E-state index contributed by atoms with van der Waals surface area (Å²) in [4.78, 5) is 0. The van der Waals surface area contributed by atoms with Crippen LogP contribution in [0.5, 0.6) is 0 Å². The Morgan fingerprint density at radius 1 is 1.29 bits per heavy atom. The molecule has 2 unspecified atom stereocenters. The molecule has 0 fully saturated rings. The van der Waals surface area contributed by atoms with E-state index >= 15 is 0 Å². The van der Waals surface area contributed by atoms with Gasteiger partial charge in [-0.25, -0.2) is 0 Å². The largest absolute Gasteiger partial charge is 0.380 e. The standard InChI is InChI=1S/C13H21ClN2O/c1-9(2)13(17-3)12(16-15)8-10-4-6-11(14)7-5-10/h4-7,9,12-13,16H,8,15H2,1-3H3. The molecule has 0 saturated heterocycles. The van der Waals surface area contributed by atoms with Gasteiger partial charge in [0, 0.05) is 12.1 Å². The van der Waals surface area contributed by atoms with Gasteiger partial charge in [0.05, 0.1) is 12.1 Å². The van der Waals surface area contributed by atoms with Crippen LogP contribution in [0.3, 0.4) is 0 Å². The van der Waals surface area contributed by atoms with Crippen LogP contribution < -0.4 is 11.3 Å². The first-order valence-corrected chi connectivity index (χ1v) is 6.19. The van der Waals surface area contributed by atoms with Crippen LogP contribution in [-0.4, -0.2) is 19.3 Å². The Morgan fingerprint density at radius 2 is 1.88 bits per heavy atom. The zero-order valence-corrected chi connectivity index (χ0v) is 11.4. The molecule has 0 heterocycles. The lowest BCUT2D eigenvalue weighted by Crippen LogP contribution is -2.48. The molecular formula is C13H21ClN2O. The summed E-state index contributed by atoms with van der Waals surface area (Å²) in [5.74, 6) is 6.02. The maximum atomic E-state index is 5.86. The predicted octanol–water partition coefficient (Wildman–Crippen LogP) is 2.39. The van der Waals surface area contributed by atoms with Crippen molar-refractivity contribution < 1.29 is 4.74 Å². The van der Waals surface area contributed by atoms with Crippen molar-refractivity contribution in [3.05, 3.63) is 34.9 Å². The second kappa shape index (κ2) is 6.97. The minimum Gasteiger partial charge on any atom is -0.380 e. The van der Waals surface area contributed by atoms with Crippen molar-refractivity contribution >= 4 is 11.6 Å². The van der Waals surface area contributed by atoms with Gasteiger partial charge in [-0.2, -0.15) is 0 Å². The van der Waals surface area contributed by atoms with Gasteiger partial charge in [-0.05, 0) is 30.0 Å². The van der Waals surface area contributed by atoms with E-state index in [0.29, 0.717) is 5.92 Å². The molecule has 0 saturated carbocycles. The molecule has 0 bridgehead atoms. The fourth-order valence-corrected chi connectivity index (χ4v) is 2.17. The molecule has 3 N–H and O–H groups in total. The molecule has 2 atom stereocenters. The molecule has 4 heteroatoms. The van der Waals surface area contributed by atoms with Gasteiger partial charge in [-0.15, -0.1) is 0 Å². The number of nitrogens with one attached hydrogen (secondary N) is 1. The third-order valence-corrected chi connectivity index (χ3v) is 3.16. The zero-order valence-electron chi connectivity index (χ0n) is 10.6. The van der Waals surface area contributed by atoms with Crippen LogP contribution in [0.2, 0.25) is 5.02 Å². The smallest absolute Gasteiger partial charge is 0.0763 e. The number of benzene rings is 1. The fourth-order valence-electron chi connectivity index (χ4n) is 2.05. The molecule has 1 aromatic carbocycles. The quantitative estimate of drug-likeness (QED) is 0.607. The van der Waals surface area contributed by atoms with Gasteiger partial charge in [-0.1, -0.05) is 37.6 Å². The number of rotatable bonds is 6. The molecule has 0 aliphatic heterocycles. The number of ether oxygens (including phenoxy) is 1. The van der Waals surface area contributed by atoms with Gasteiger partial charge < -0.3 is 4.74 Å². The summed E-state index contributed by atoms with van der Waals surface area (Å²) in [5, 5.41) is 0.748. The van der Waals surface area contributed by atoms with Crippen LogP contribution in [0.15, 0.2) is 24.3 Å². The van der Waals surface area contributed by atoms with Gasteiger partial charge in [-0.3, -0.25) is 11.3 Å². The van der Waals surface area contributed by atoms with Crippen LogP contribution in [0.1, 0.15) is 19.4 Å². The normalized spacial score (nSPS) is 14.9. The fraction of sp³-hybridized carbons (Fsp3) is 0.538. The molecule has 1 rings (SSSR count). The van der Waals surface area contributed by atoms with Crippen molar-refractivity contribution in [3.8, 4) is 0 Å². The topological polar surface area (TPSA) is 47.3 Å². The Morgan fingerprint density at radius 3 is 2.29 bits per heavy atom. The highest BCUT2D eigenvalue weighted by Gasteiger charge is 2.23. The molecule has 0 radical (unpaired) electrons. The Balaban J connectivity index is 2.71. The van der Waals surface area contributed by atoms with E-state index in [1.165, 1.54) is 5.56 Å². The Kier molecular flexibility index (Phi) is 5.92. The lowest BCUT2D eigenvalue weighted by atomic mass is 9.94. The molecule has 0 aliphatic rings. The number of halogens is 1. The third kappa shape index (κ3) is 4.28. The van der Waals surface area contributed by atoms with E-state index in [0.717, 1.165) is 11.4 Å². The van der Waals surface area contributed by atoms with Crippen molar-refractivity contribution in [2.45, 2.75) is 32.4 Å². The van der Waals surface area contributed by atoms with Crippen molar-refractivity contribution in [2.75, 3.05) is 7.11 Å². The van der Waals surface area contributed by atoms with Gasteiger partial charge in [0.15, 0.2) is 0 Å². The summed E-state index contributed by atoms with van der Waals surface area (Å²) in [7, 11) is 1.72. The van der Waals surface area contributed by atoms with E-state index in [2.05, 4.69) is 19.3 Å². The molecule has 0 spiro atoms. The maximum Gasteiger partial charge on any atom is 0.0763 e. The van der Waals surface area contributed by atoms with Crippen molar-refractivity contribution in [2.24, 2.45) is 11.8 Å². The highest BCUT2D eigenvalue weighted by molar-refractivity contribution is 6.30. The van der Waals surface area contributed by atoms with E-state index in [4.69, 9.17) is 22.2 Å². The molecule has 17 heavy (non-hydrogen) atoms. The number of nitrogens with two attached hydrogens (primary N) is 1. The minimum absolute atomic E-state index is 0.0932. The molecule has 96 valence electrons. The summed E-state index contributed by atoms with van der Waals surface area (Å²) in [6, 6.07) is 7.91. The summed E-state index contributed by atoms with van der Waals surface area (Å²) >= 11 is 5.86. The molecular weight excluding hydrogens is 236 g/mol. The summed E-state index contributed by atoms with van der Waals surface area (Å²) < 4.78 is 5.49. The van der Waals surface area contributed by atoms with E-state index < -0.39 is 0 Å². The molecule has 3 nitrogen and oxygen atoms in total. The molecule has 0 aromatic heterocycles. The van der Waals surface area contributed by atoms with Gasteiger partial charge >= 0.3 is 0 Å². The highest BCUT2D eigenvalue weighted by Crippen LogP contribution is 2.16. The first-order valence-electron chi connectivity index (χ1n) is 5.81. The van der Waals surface area contributed by atoms with E-state index in [1.807, 2.05) is 24.3 Å². The van der Waals surface area contributed by atoms with E-state index in [-0.39, 0.29) is 12.1 Å². The van der Waals surface area contributed by atoms with E-state index in [1.54, 1.807) is 7.11 Å². The second-order valence-electron chi connectivity index (χ2n) is 4.55. The van der Waals surface area contributed by atoms with Crippen LogP contribution in [0.25, 0.3) is 0 Å². The number of hydrazine groups is 1. The maximum absolute atomic E-state index is 5.86. The van der Waals surface area contributed by atoms with E-state index in [9.17, 15) is 0 Å². The third-order valence-electron chi connectivity index (χ3n) is 2.91. The van der Waals surface area contributed by atoms with Crippen molar-refractivity contribution in [1.29, 1.82) is 0 Å². The van der Waals surface area contributed by atoms with Crippen LogP contribution in [0, 0.1) is 5.92 Å². The first kappa shape index (κ1) is 14.5. The van der Waals surface area contributed by atoms with Crippen LogP contribution >= 0.6 is 11.6 Å². The van der Waals surface area contributed by atoms with Gasteiger partial charge in [0.2, 0.25) is 0 Å². The summed E-state index contributed by atoms with van der Waals surface area (Å²) in [6.45, 7) is 4.25. The van der Waals surface area contributed by atoms with Crippen LogP contribution in [-0.2, 0) is 11.2 Å². The Bertz CT molecular complexity index is 327. The highest BCUT2D eigenvalue weighted by atomic mass is 35.5. The second-order valence-corrected chi connectivity index (χ2v) is 4.98. The van der Waals surface area contributed by atoms with Gasteiger partial charge in [0.25, 0.3) is 0 Å². The van der Waals surface area contributed by atoms with Crippen LogP contribution in [0.4, 0.5) is 0 Å². The monoisotopic (exact) mass is 256 g/mol. The zero-order chi connectivity index (χ0) is 12.8. The Labute approximate surface area is 108 Å². The lowest BCUT2D eigenvalue weighted by Gasteiger charge is -2.28. The average molecular weight is 257 g/mol. The van der Waals surface area contributed by atoms with Gasteiger partial charge in [0.1, 0.15) is 0 Å². The summed E-state index contributed by atoms with van der Waals surface area (Å²) in [6.07, 6.45) is 0.917. The molecule has 0 amide bonds. The average Bonchev–Trinajstić information content (AvgIpc) is 2.31. The number of hydrogen-bond donors (Lipinski definition) is 2. The Hall–Kier alpha value is -0.610. The number of methoxy groups -OCH3 is 1. The summed E-state index contributed by atoms with van der Waals surface area (Å²) in [5.41, 5.74) is 4.03. The minimum atomic E-state index is 0.0932. The SMILES string of the molecule is COC(C(C)C)C(Cc1ccc(Cl)cc1)NN. The lowest BCUT2D eigenvalue weighted by molar-refractivity contribution is 0.0332.